The van der Waals surface area contributed by atoms with Crippen LogP contribution in [0.2, 0.25) is 0 Å². The Kier molecular flexibility index (Phi) is 8.14. The molecule has 3 N–H and O–H groups in total. The number of carboxylic acid groups (broad SMARTS) is 1. The molecule has 0 aromatic carbocycles. The number of carbonyl (C=O) groups excluding carboxylic acids is 1. The number of amides is 2. The molecule has 0 radical (unpaired) electrons. The van der Waals surface area contributed by atoms with Gasteiger partial charge >= 0.3 is 12.0 Å². The molecule has 6 nitrogen and oxygen atoms in total. The molecule has 0 bridgehead atoms. The molecule has 2 amide bonds. The van der Waals surface area contributed by atoms with Gasteiger partial charge in [-0.3, -0.25) is 4.79 Å². The maximum atomic E-state index is 11.6. The largest absolute Gasteiger partial charge is 0.481 e. The van der Waals surface area contributed by atoms with Crippen molar-refractivity contribution >= 4 is 12.0 Å². The Morgan fingerprint density at radius 1 is 1.26 bits per heavy atom. The molecule has 0 heterocycles. The second-order valence-corrected chi connectivity index (χ2v) is 5.13. The molecular weight excluding hydrogens is 248 g/mol. The fourth-order valence-electron chi connectivity index (χ4n) is 1.64. The van der Waals surface area contributed by atoms with Crippen molar-refractivity contribution in [3.63, 3.8) is 0 Å². The monoisotopic (exact) mass is 274 g/mol. The van der Waals surface area contributed by atoms with E-state index in [4.69, 9.17) is 9.84 Å². The standard InChI is InChI=1S/C13H26N2O4/c1-5-10(7-11(16)17)8-14-12(18)15-9-13(3,4)19-6-2/h10H,5-9H2,1-4H3,(H,16,17)(H2,14,15,18). The molecule has 0 aliphatic heterocycles. The van der Waals surface area contributed by atoms with Crippen LogP contribution in [0.4, 0.5) is 4.79 Å². The highest BCUT2D eigenvalue weighted by Gasteiger charge is 2.19. The number of nitrogens with one attached hydrogen (secondary N) is 2. The van der Waals surface area contributed by atoms with E-state index in [1.807, 2.05) is 27.7 Å². The van der Waals surface area contributed by atoms with Crippen LogP contribution < -0.4 is 10.6 Å². The number of rotatable bonds is 9. The van der Waals surface area contributed by atoms with Gasteiger partial charge in [0, 0.05) is 26.1 Å². The predicted molar refractivity (Wildman–Crippen MR) is 73.1 cm³/mol. The zero-order valence-electron chi connectivity index (χ0n) is 12.3. The molecular formula is C13H26N2O4. The van der Waals surface area contributed by atoms with Crippen LogP contribution in [-0.2, 0) is 9.53 Å². The van der Waals surface area contributed by atoms with Crippen LogP contribution in [0, 0.1) is 5.92 Å². The topological polar surface area (TPSA) is 87.7 Å². The quantitative estimate of drug-likeness (QED) is 0.596. The SMILES string of the molecule is CCOC(C)(C)CNC(=O)NCC(CC)CC(=O)O. The Balaban J connectivity index is 3.94. The van der Waals surface area contributed by atoms with Gasteiger partial charge in [-0.15, -0.1) is 0 Å². The van der Waals surface area contributed by atoms with Gasteiger partial charge in [-0.05, 0) is 26.7 Å². The van der Waals surface area contributed by atoms with Gasteiger partial charge in [-0.2, -0.15) is 0 Å². The molecule has 112 valence electrons. The van der Waals surface area contributed by atoms with Gasteiger partial charge in [-0.1, -0.05) is 13.3 Å². The van der Waals surface area contributed by atoms with Crippen molar-refractivity contribution in [1.29, 1.82) is 0 Å². The molecule has 6 heteroatoms. The number of aliphatic carboxylic acids is 1. The maximum absolute atomic E-state index is 11.6. The van der Waals surface area contributed by atoms with Crippen molar-refractivity contribution in [3.8, 4) is 0 Å². The van der Waals surface area contributed by atoms with Gasteiger partial charge in [0.2, 0.25) is 0 Å². The van der Waals surface area contributed by atoms with Crippen molar-refractivity contribution in [3.05, 3.63) is 0 Å². The van der Waals surface area contributed by atoms with Gasteiger partial charge in [0.25, 0.3) is 0 Å². The summed E-state index contributed by atoms with van der Waals surface area (Å²) in [6.07, 6.45) is 0.790. The van der Waals surface area contributed by atoms with E-state index in [9.17, 15) is 9.59 Å². The summed E-state index contributed by atoms with van der Waals surface area (Å²) < 4.78 is 5.46. The van der Waals surface area contributed by atoms with Crippen molar-refractivity contribution in [1.82, 2.24) is 10.6 Å². The first kappa shape index (κ1) is 17.7. The zero-order chi connectivity index (χ0) is 14.9. The van der Waals surface area contributed by atoms with E-state index in [0.717, 1.165) is 6.42 Å². The van der Waals surface area contributed by atoms with Crippen LogP contribution in [0.3, 0.4) is 0 Å². The van der Waals surface area contributed by atoms with E-state index in [0.29, 0.717) is 19.7 Å². The zero-order valence-corrected chi connectivity index (χ0v) is 12.3. The van der Waals surface area contributed by atoms with Crippen LogP contribution in [0.1, 0.15) is 40.5 Å². The first-order valence-electron chi connectivity index (χ1n) is 6.68. The van der Waals surface area contributed by atoms with Gasteiger partial charge in [-0.25, -0.2) is 4.79 Å². The molecule has 0 aliphatic carbocycles. The molecule has 0 saturated carbocycles. The molecule has 1 atom stereocenters. The smallest absolute Gasteiger partial charge is 0.314 e. The Morgan fingerprint density at radius 3 is 2.37 bits per heavy atom. The van der Waals surface area contributed by atoms with Gasteiger partial charge in [0.15, 0.2) is 0 Å². The predicted octanol–water partition coefficient (Wildman–Crippen LogP) is 1.60. The number of carbonyl (C=O) groups is 2. The minimum absolute atomic E-state index is 0.0387. The van der Waals surface area contributed by atoms with Gasteiger partial charge in [0.1, 0.15) is 0 Å². The normalized spacial score (nSPS) is 12.8. The molecule has 0 aromatic heterocycles. The summed E-state index contributed by atoms with van der Waals surface area (Å²) in [5.74, 6) is -0.880. The first-order chi connectivity index (χ1) is 8.80. The molecule has 0 rings (SSSR count). The molecule has 0 aromatic rings. The van der Waals surface area contributed by atoms with E-state index in [2.05, 4.69) is 10.6 Å². The minimum atomic E-state index is -0.841. The van der Waals surface area contributed by atoms with Crippen molar-refractivity contribution in [2.24, 2.45) is 5.92 Å². The molecule has 0 fully saturated rings. The molecule has 0 aliphatic rings. The molecule has 1 unspecified atom stereocenters. The lowest BCUT2D eigenvalue weighted by atomic mass is 10.0. The Morgan fingerprint density at radius 2 is 1.89 bits per heavy atom. The van der Waals surface area contributed by atoms with Crippen molar-refractivity contribution < 1.29 is 19.4 Å². The van der Waals surface area contributed by atoms with Gasteiger partial charge < -0.3 is 20.5 Å². The van der Waals surface area contributed by atoms with Crippen LogP contribution in [0.5, 0.6) is 0 Å². The van der Waals surface area contributed by atoms with Gasteiger partial charge in [0.05, 0.1) is 5.60 Å². The third-order valence-corrected chi connectivity index (χ3v) is 2.80. The van der Waals surface area contributed by atoms with Crippen molar-refractivity contribution in [2.75, 3.05) is 19.7 Å². The fraction of sp³-hybridized carbons (Fsp3) is 0.846. The van der Waals surface area contributed by atoms with E-state index in [-0.39, 0.29) is 18.4 Å². The average Bonchev–Trinajstić information content (AvgIpc) is 2.31. The number of hydrogen-bond acceptors (Lipinski definition) is 3. The second kappa shape index (κ2) is 8.74. The summed E-state index contributed by atoms with van der Waals surface area (Å²) in [7, 11) is 0. The summed E-state index contributed by atoms with van der Waals surface area (Å²) in [5.41, 5.74) is -0.405. The highest BCUT2D eigenvalue weighted by atomic mass is 16.5. The summed E-state index contributed by atoms with van der Waals surface area (Å²) in [6, 6.07) is -0.295. The van der Waals surface area contributed by atoms with Crippen molar-refractivity contribution in [2.45, 2.75) is 46.1 Å². The average molecular weight is 274 g/mol. The fourth-order valence-corrected chi connectivity index (χ4v) is 1.64. The second-order valence-electron chi connectivity index (χ2n) is 5.13. The Labute approximate surface area is 114 Å². The van der Waals surface area contributed by atoms with E-state index >= 15 is 0 Å². The lowest BCUT2D eigenvalue weighted by Gasteiger charge is -2.25. The maximum Gasteiger partial charge on any atom is 0.314 e. The number of urea groups is 1. The van der Waals surface area contributed by atoms with E-state index in [1.165, 1.54) is 0 Å². The first-order valence-corrected chi connectivity index (χ1v) is 6.68. The third kappa shape index (κ3) is 9.30. The molecule has 19 heavy (non-hydrogen) atoms. The summed E-state index contributed by atoms with van der Waals surface area (Å²) in [4.78, 5) is 22.2. The number of carboxylic acids is 1. The van der Waals surface area contributed by atoms with Crippen LogP contribution in [0.15, 0.2) is 0 Å². The summed E-state index contributed by atoms with van der Waals surface area (Å²) in [6.45, 7) is 8.97. The van der Waals surface area contributed by atoms with E-state index < -0.39 is 11.6 Å². The summed E-state index contributed by atoms with van der Waals surface area (Å²) >= 11 is 0. The van der Waals surface area contributed by atoms with E-state index in [1.54, 1.807) is 0 Å². The molecule has 0 spiro atoms. The third-order valence-electron chi connectivity index (χ3n) is 2.80. The highest BCUT2D eigenvalue weighted by molar-refractivity contribution is 5.74. The van der Waals surface area contributed by atoms with Crippen LogP contribution >= 0.6 is 0 Å². The van der Waals surface area contributed by atoms with Crippen LogP contribution in [0.25, 0.3) is 0 Å². The highest BCUT2D eigenvalue weighted by Crippen LogP contribution is 2.07. The Hall–Kier alpha value is -1.30. The number of ether oxygens (including phenoxy) is 1. The minimum Gasteiger partial charge on any atom is -0.481 e. The Bertz CT molecular complexity index is 292. The number of hydrogen-bond donors (Lipinski definition) is 3. The van der Waals surface area contributed by atoms with Crippen LogP contribution in [-0.4, -0.2) is 42.4 Å². The summed E-state index contributed by atoms with van der Waals surface area (Å²) in [5, 5.41) is 14.1. The lowest BCUT2D eigenvalue weighted by molar-refractivity contribution is -0.138. The molecule has 0 saturated heterocycles. The lowest BCUT2D eigenvalue weighted by Crippen LogP contribution is -2.45.